The number of aromatic amines is 1. The lowest BCUT2D eigenvalue weighted by molar-refractivity contribution is -0.173. The number of hydrogen-bond donors (Lipinski definition) is 4. The fourth-order valence-electron chi connectivity index (χ4n) is 2.48. The zero-order chi connectivity index (χ0) is 21.1. The molecule has 1 aliphatic heterocycles. The van der Waals surface area contributed by atoms with Crippen molar-refractivity contribution in [2.24, 2.45) is 0 Å². The number of carbonyl (C=O) groups is 1. The third kappa shape index (κ3) is 4.60. The third-order valence-corrected chi connectivity index (χ3v) is 3.82. The van der Waals surface area contributed by atoms with Gasteiger partial charge in [0.15, 0.2) is 6.23 Å². The molecular weight excluding hydrogens is 391 g/mol. The lowest BCUT2D eigenvalue weighted by Crippen LogP contribution is -2.39. The molecule has 1 amide bonds. The Labute approximate surface area is 154 Å². The van der Waals surface area contributed by atoms with Crippen LogP contribution in [-0.2, 0) is 14.3 Å². The standard InChI is InChI=1S/C15H16F3N3O7/c1-27-10-9(23)8(6-22)28-12(10)21-5-7(11(24)20-14(21)26)3-2-4-19-13(25)15(16,17)18/h5,8-10,12,22-23H,4,6H2,1H3,(H,19,25)(H,20,24,26)/t8-,9-,10-,12-/m1/s1. The van der Waals surface area contributed by atoms with Crippen molar-refractivity contribution in [2.45, 2.75) is 30.7 Å². The minimum absolute atomic E-state index is 0.304. The number of rotatable bonds is 4. The average Bonchev–Trinajstić information content (AvgIpc) is 2.94. The van der Waals surface area contributed by atoms with Gasteiger partial charge >= 0.3 is 17.8 Å². The lowest BCUT2D eigenvalue weighted by Gasteiger charge is -2.20. The van der Waals surface area contributed by atoms with Gasteiger partial charge in [0.1, 0.15) is 23.9 Å². The molecule has 10 nitrogen and oxygen atoms in total. The summed E-state index contributed by atoms with van der Waals surface area (Å²) in [6.45, 7) is -1.25. The number of methoxy groups -OCH3 is 1. The first-order chi connectivity index (χ1) is 13.1. The number of halogens is 3. The van der Waals surface area contributed by atoms with Crippen LogP contribution >= 0.6 is 0 Å². The van der Waals surface area contributed by atoms with Gasteiger partial charge in [0.05, 0.1) is 13.2 Å². The smallest absolute Gasteiger partial charge is 0.394 e. The Morgan fingerprint density at radius 3 is 2.71 bits per heavy atom. The summed E-state index contributed by atoms with van der Waals surface area (Å²) >= 11 is 0. The van der Waals surface area contributed by atoms with Gasteiger partial charge in [-0.05, 0) is 0 Å². The van der Waals surface area contributed by atoms with E-state index in [9.17, 15) is 37.8 Å². The van der Waals surface area contributed by atoms with Crippen molar-refractivity contribution >= 4 is 5.91 Å². The molecule has 1 fully saturated rings. The molecule has 2 heterocycles. The quantitative estimate of drug-likeness (QED) is 0.416. The fraction of sp³-hybridized carbons (Fsp3) is 0.533. The Morgan fingerprint density at radius 2 is 2.14 bits per heavy atom. The number of nitrogens with one attached hydrogen (secondary N) is 2. The van der Waals surface area contributed by atoms with Crippen LogP contribution in [0.2, 0.25) is 0 Å². The molecule has 154 valence electrons. The van der Waals surface area contributed by atoms with Crippen LogP contribution in [0.1, 0.15) is 11.8 Å². The largest absolute Gasteiger partial charge is 0.471 e. The van der Waals surface area contributed by atoms with Crippen molar-refractivity contribution in [1.29, 1.82) is 0 Å². The van der Waals surface area contributed by atoms with Crippen LogP contribution in [0, 0.1) is 11.8 Å². The van der Waals surface area contributed by atoms with Gasteiger partial charge in [-0.3, -0.25) is 19.1 Å². The van der Waals surface area contributed by atoms with E-state index in [4.69, 9.17) is 9.47 Å². The molecule has 1 aromatic heterocycles. The van der Waals surface area contributed by atoms with Gasteiger partial charge < -0.3 is 25.0 Å². The van der Waals surface area contributed by atoms with Crippen molar-refractivity contribution in [3.05, 3.63) is 32.6 Å². The number of aromatic nitrogens is 2. The number of carbonyl (C=O) groups excluding carboxylic acids is 1. The van der Waals surface area contributed by atoms with Crippen LogP contribution in [-0.4, -0.2) is 70.4 Å². The number of H-pyrrole nitrogens is 1. The van der Waals surface area contributed by atoms with Crippen LogP contribution in [0.25, 0.3) is 0 Å². The highest BCUT2D eigenvalue weighted by molar-refractivity contribution is 5.81. The van der Waals surface area contributed by atoms with Gasteiger partial charge in [0.2, 0.25) is 0 Å². The first-order valence-electron chi connectivity index (χ1n) is 7.76. The maximum Gasteiger partial charge on any atom is 0.471 e. The van der Waals surface area contributed by atoms with E-state index < -0.39 is 61.0 Å². The second kappa shape index (κ2) is 8.57. The van der Waals surface area contributed by atoms with E-state index >= 15 is 0 Å². The van der Waals surface area contributed by atoms with E-state index in [1.807, 2.05) is 4.98 Å². The molecule has 0 saturated carbocycles. The summed E-state index contributed by atoms with van der Waals surface area (Å²) in [5.41, 5.74) is -2.14. The van der Waals surface area contributed by atoms with E-state index in [1.54, 1.807) is 0 Å². The number of alkyl halides is 3. The van der Waals surface area contributed by atoms with Gasteiger partial charge in [-0.2, -0.15) is 13.2 Å². The second-order valence-corrected chi connectivity index (χ2v) is 5.63. The molecule has 4 atom stereocenters. The number of nitrogens with zero attached hydrogens (tertiary/aromatic N) is 1. The molecule has 0 spiro atoms. The van der Waals surface area contributed by atoms with E-state index in [-0.39, 0.29) is 5.56 Å². The zero-order valence-corrected chi connectivity index (χ0v) is 14.3. The summed E-state index contributed by atoms with van der Waals surface area (Å²) in [4.78, 5) is 36.5. The van der Waals surface area contributed by atoms with E-state index in [2.05, 4.69) is 11.8 Å². The van der Waals surface area contributed by atoms with E-state index in [0.29, 0.717) is 0 Å². The molecule has 0 radical (unpaired) electrons. The lowest BCUT2D eigenvalue weighted by atomic mass is 10.1. The topological polar surface area (TPSA) is 143 Å². The summed E-state index contributed by atoms with van der Waals surface area (Å²) in [6.07, 6.45) is -8.64. The summed E-state index contributed by atoms with van der Waals surface area (Å²) in [5, 5.41) is 20.7. The van der Waals surface area contributed by atoms with Crippen molar-refractivity contribution in [3.63, 3.8) is 0 Å². The molecular formula is C15H16F3N3O7. The molecule has 2 rings (SSSR count). The Balaban J connectivity index is 2.26. The molecule has 0 unspecified atom stereocenters. The van der Waals surface area contributed by atoms with E-state index in [0.717, 1.165) is 10.8 Å². The Kier molecular flexibility index (Phi) is 6.62. The monoisotopic (exact) mass is 407 g/mol. The summed E-state index contributed by atoms with van der Waals surface area (Å²) in [5.74, 6) is 2.21. The van der Waals surface area contributed by atoms with Gasteiger partial charge in [0, 0.05) is 13.3 Å². The number of ether oxygens (including phenoxy) is 2. The SMILES string of the molecule is CO[C@@H]1[C@H](O)[C@@H](CO)O[C@H]1n1cc(C#CCNC(=O)C(F)(F)F)c(=O)[nH]c1=O. The van der Waals surface area contributed by atoms with Crippen LogP contribution in [0.4, 0.5) is 13.2 Å². The highest BCUT2D eigenvalue weighted by Gasteiger charge is 2.45. The maximum atomic E-state index is 12.1. The van der Waals surface area contributed by atoms with Crippen LogP contribution in [0.15, 0.2) is 15.8 Å². The first kappa shape index (κ1) is 21.6. The van der Waals surface area contributed by atoms with Crippen LogP contribution in [0.5, 0.6) is 0 Å². The molecule has 1 aliphatic rings. The fourth-order valence-corrected chi connectivity index (χ4v) is 2.48. The summed E-state index contributed by atoms with van der Waals surface area (Å²) in [6, 6.07) is 0. The van der Waals surface area contributed by atoms with Gasteiger partial charge in [-0.15, -0.1) is 0 Å². The summed E-state index contributed by atoms with van der Waals surface area (Å²) in [7, 11) is 1.24. The normalized spacial score (nSPS) is 24.5. The molecule has 0 bridgehead atoms. The molecule has 0 aromatic carbocycles. The maximum absolute atomic E-state index is 12.1. The number of aliphatic hydroxyl groups is 2. The van der Waals surface area contributed by atoms with Crippen molar-refractivity contribution in [3.8, 4) is 11.8 Å². The highest BCUT2D eigenvalue weighted by Crippen LogP contribution is 2.30. The van der Waals surface area contributed by atoms with E-state index in [1.165, 1.54) is 12.4 Å². The Hall–Kier alpha value is -2.66. The Morgan fingerprint density at radius 1 is 1.46 bits per heavy atom. The number of aliphatic hydroxyl groups excluding tert-OH is 2. The highest BCUT2D eigenvalue weighted by atomic mass is 19.4. The summed E-state index contributed by atoms with van der Waals surface area (Å²) < 4.78 is 47.5. The van der Waals surface area contributed by atoms with Crippen LogP contribution in [0.3, 0.4) is 0 Å². The Bertz CT molecular complexity index is 899. The minimum atomic E-state index is -5.06. The van der Waals surface area contributed by atoms with Crippen LogP contribution < -0.4 is 16.6 Å². The van der Waals surface area contributed by atoms with Gasteiger partial charge in [0.25, 0.3) is 5.56 Å². The van der Waals surface area contributed by atoms with Gasteiger partial charge in [-0.1, -0.05) is 11.8 Å². The molecule has 1 saturated heterocycles. The first-order valence-corrected chi connectivity index (χ1v) is 7.76. The van der Waals surface area contributed by atoms with Crippen molar-refractivity contribution in [2.75, 3.05) is 20.3 Å². The van der Waals surface area contributed by atoms with Gasteiger partial charge in [-0.25, -0.2) is 4.79 Å². The third-order valence-electron chi connectivity index (χ3n) is 3.82. The second-order valence-electron chi connectivity index (χ2n) is 5.63. The molecule has 1 aromatic rings. The molecule has 28 heavy (non-hydrogen) atoms. The number of hydrogen-bond acceptors (Lipinski definition) is 7. The molecule has 13 heteroatoms. The predicted octanol–water partition coefficient (Wildman–Crippen LogP) is -2.17. The zero-order valence-electron chi connectivity index (χ0n) is 14.3. The average molecular weight is 407 g/mol. The van der Waals surface area contributed by atoms with Crippen molar-refractivity contribution in [1.82, 2.24) is 14.9 Å². The van der Waals surface area contributed by atoms with Crippen molar-refractivity contribution < 1.29 is 37.7 Å². The molecule has 4 N–H and O–H groups in total. The predicted molar refractivity (Wildman–Crippen MR) is 85.1 cm³/mol. The molecule has 0 aliphatic carbocycles. The number of amides is 1. The minimum Gasteiger partial charge on any atom is -0.394 e.